The van der Waals surface area contributed by atoms with Crippen molar-refractivity contribution in [1.82, 2.24) is 9.80 Å². The Morgan fingerprint density at radius 2 is 1.92 bits per heavy atom. The van der Waals surface area contributed by atoms with E-state index in [0.717, 1.165) is 38.4 Å². The lowest BCUT2D eigenvalue weighted by Crippen LogP contribution is -2.48. The summed E-state index contributed by atoms with van der Waals surface area (Å²) in [4.78, 5) is 16.6. The minimum Gasteiger partial charge on any atom is -0.493 e. The Morgan fingerprint density at radius 3 is 2.73 bits per heavy atom. The van der Waals surface area contributed by atoms with E-state index in [2.05, 4.69) is 17.0 Å². The van der Waals surface area contributed by atoms with Gasteiger partial charge in [0.25, 0.3) is 5.91 Å². The average Bonchev–Trinajstić information content (AvgIpc) is 3.11. The molecular formula is C20H20ClFN2O2. The smallest absolute Gasteiger partial charge is 0.256 e. The number of hydrogen-bond donors (Lipinski definition) is 0. The summed E-state index contributed by atoms with van der Waals surface area (Å²) in [5, 5.41) is 0.369. The fourth-order valence-corrected chi connectivity index (χ4v) is 3.71. The Hall–Kier alpha value is -2.11. The molecule has 0 spiro atoms. The van der Waals surface area contributed by atoms with Crippen molar-refractivity contribution in [2.24, 2.45) is 0 Å². The summed E-state index contributed by atoms with van der Waals surface area (Å²) in [7, 11) is 0. The molecule has 2 heterocycles. The first-order valence-electron chi connectivity index (χ1n) is 8.81. The van der Waals surface area contributed by atoms with Crippen molar-refractivity contribution in [2.45, 2.75) is 13.0 Å². The maximum absolute atomic E-state index is 13.9. The van der Waals surface area contributed by atoms with E-state index in [1.165, 1.54) is 29.3 Å². The molecule has 2 aliphatic heterocycles. The van der Waals surface area contributed by atoms with Gasteiger partial charge in [-0.05, 0) is 35.4 Å². The molecule has 0 unspecified atom stereocenters. The fourth-order valence-electron chi connectivity index (χ4n) is 3.54. The molecule has 6 heteroatoms. The van der Waals surface area contributed by atoms with Crippen LogP contribution in [-0.4, -0.2) is 48.5 Å². The van der Waals surface area contributed by atoms with Crippen molar-refractivity contribution < 1.29 is 13.9 Å². The highest BCUT2D eigenvalue weighted by atomic mass is 35.5. The second-order valence-electron chi connectivity index (χ2n) is 6.73. The molecule has 0 aromatic heterocycles. The molecule has 2 aromatic rings. The number of piperazine rings is 1. The average molecular weight is 375 g/mol. The van der Waals surface area contributed by atoms with E-state index in [4.69, 9.17) is 16.3 Å². The second-order valence-corrected chi connectivity index (χ2v) is 7.17. The highest BCUT2D eigenvalue weighted by Crippen LogP contribution is 2.26. The standard InChI is InChI=1S/C20H20ClFN2O2/c21-16-2-3-18(22)17(12-16)20(25)24-8-6-23(7-9-24)13-14-1-4-19-15(11-14)5-10-26-19/h1-4,11-12H,5-10,13H2. The Morgan fingerprint density at radius 1 is 1.12 bits per heavy atom. The van der Waals surface area contributed by atoms with Crippen molar-refractivity contribution >= 4 is 17.5 Å². The molecule has 2 aliphatic rings. The molecule has 1 amide bonds. The van der Waals surface area contributed by atoms with Crippen LogP contribution in [-0.2, 0) is 13.0 Å². The lowest BCUT2D eigenvalue weighted by atomic mass is 10.1. The van der Waals surface area contributed by atoms with Gasteiger partial charge < -0.3 is 9.64 Å². The third-order valence-corrected chi connectivity index (χ3v) is 5.21. The summed E-state index contributed by atoms with van der Waals surface area (Å²) in [6.45, 7) is 4.31. The third-order valence-electron chi connectivity index (χ3n) is 4.98. The minimum absolute atomic E-state index is 0.0459. The Bertz CT molecular complexity index is 835. The maximum atomic E-state index is 13.9. The monoisotopic (exact) mass is 374 g/mol. The number of nitrogens with zero attached hydrogens (tertiary/aromatic N) is 2. The van der Waals surface area contributed by atoms with Gasteiger partial charge >= 0.3 is 0 Å². The zero-order valence-corrected chi connectivity index (χ0v) is 15.1. The molecule has 0 radical (unpaired) electrons. The van der Waals surface area contributed by atoms with Crippen LogP contribution in [0.25, 0.3) is 0 Å². The van der Waals surface area contributed by atoms with Gasteiger partial charge in [0.05, 0.1) is 12.2 Å². The number of hydrogen-bond acceptors (Lipinski definition) is 3. The molecule has 0 atom stereocenters. The largest absolute Gasteiger partial charge is 0.493 e. The van der Waals surface area contributed by atoms with Gasteiger partial charge in [0, 0.05) is 44.2 Å². The minimum atomic E-state index is -0.526. The number of carbonyl (C=O) groups is 1. The van der Waals surface area contributed by atoms with Gasteiger partial charge in [0.2, 0.25) is 0 Å². The molecule has 0 N–H and O–H groups in total. The molecule has 2 aromatic carbocycles. The molecule has 136 valence electrons. The first-order valence-corrected chi connectivity index (χ1v) is 9.19. The highest BCUT2D eigenvalue weighted by Gasteiger charge is 2.24. The van der Waals surface area contributed by atoms with Crippen molar-refractivity contribution in [2.75, 3.05) is 32.8 Å². The van der Waals surface area contributed by atoms with Gasteiger partial charge in [-0.25, -0.2) is 4.39 Å². The summed E-state index contributed by atoms with van der Waals surface area (Å²) in [6, 6.07) is 10.4. The molecule has 1 fully saturated rings. The van der Waals surface area contributed by atoms with E-state index in [-0.39, 0.29) is 11.5 Å². The lowest BCUT2D eigenvalue weighted by Gasteiger charge is -2.35. The summed E-state index contributed by atoms with van der Waals surface area (Å²) in [6.07, 6.45) is 0.969. The molecule has 1 saturated heterocycles. The molecule has 0 aliphatic carbocycles. The van der Waals surface area contributed by atoms with Crippen LogP contribution >= 0.6 is 11.6 Å². The Labute approximate surface area is 157 Å². The zero-order valence-electron chi connectivity index (χ0n) is 14.4. The number of carbonyl (C=O) groups excluding carboxylic acids is 1. The number of benzene rings is 2. The van der Waals surface area contributed by atoms with Crippen LogP contribution in [0.5, 0.6) is 5.75 Å². The number of ether oxygens (including phenoxy) is 1. The van der Waals surface area contributed by atoms with Gasteiger partial charge in [-0.3, -0.25) is 9.69 Å². The number of rotatable bonds is 3. The molecule has 26 heavy (non-hydrogen) atoms. The number of fused-ring (bicyclic) bond motifs is 1. The number of halogens is 2. The highest BCUT2D eigenvalue weighted by molar-refractivity contribution is 6.31. The SMILES string of the molecule is O=C(c1cc(Cl)ccc1F)N1CCN(Cc2ccc3c(c2)CCO3)CC1. The van der Waals surface area contributed by atoms with Crippen molar-refractivity contribution in [3.8, 4) is 5.75 Å². The predicted octanol–water partition coefficient (Wildman–Crippen LogP) is 3.37. The second kappa shape index (κ2) is 7.25. The van der Waals surface area contributed by atoms with Crippen molar-refractivity contribution in [3.05, 3.63) is 63.9 Å². The van der Waals surface area contributed by atoms with Crippen molar-refractivity contribution in [1.29, 1.82) is 0 Å². The first-order chi connectivity index (χ1) is 12.6. The maximum Gasteiger partial charge on any atom is 0.256 e. The van der Waals surface area contributed by atoms with E-state index < -0.39 is 5.82 Å². The Kier molecular flexibility index (Phi) is 4.83. The van der Waals surface area contributed by atoms with Gasteiger partial charge in [-0.1, -0.05) is 23.7 Å². The normalized spacial score (nSPS) is 17.1. The van der Waals surface area contributed by atoms with Gasteiger partial charge in [-0.2, -0.15) is 0 Å². The summed E-state index contributed by atoms with van der Waals surface area (Å²) >= 11 is 5.90. The van der Waals surface area contributed by atoms with E-state index in [1.807, 2.05) is 6.07 Å². The first kappa shape index (κ1) is 17.3. The van der Waals surface area contributed by atoms with Crippen LogP contribution in [0.1, 0.15) is 21.5 Å². The van der Waals surface area contributed by atoms with E-state index >= 15 is 0 Å². The van der Waals surface area contributed by atoms with Crippen LogP contribution in [0.4, 0.5) is 4.39 Å². The summed E-state index contributed by atoms with van der Waals surface area (Å²) < 4.78 is 19.5. The lowest BCUT2D eigenvalue weighted by molar-refractivity contribution is 0.0624. The number of amides is 1. The van der Waals surface area contributed by atoms with Crippen LogP contribution in [0.2, 0.25) is 5.02 Å². The molecule has 0 bridgehead atoms. The zero-order chi connectivity index (χ0) is 18.1. The third kappa shape index (κ3) is 3.55. The van der Waals surface area contributed by atoms with Crippen LogP contribution in [0, 0.1) is 5.82 Å². The van der Waals surface area contributed by atoms with Crippen molar-refractivity contribution in [3.63, 3.8) is 0 Å². The van der Waals surface area contributed by atoms with Gasteiger partial charge in [0.15, 0.2) is 0 Å². The Balaban J connectivity index is 1.36. The van der Waals surface area contributed by atoms with E-state index in [9.17, 15) is 9.18 Å². The quantitative estimate of drug-likeness (QED) is 0.825. The molecular weight excluding hydrogens is 355 g/mol. The van der Waals surface area contributed by atoms with Crippen LogP contribution in [0.3, 0.4) is 0 Å². The summed E-state index contributed by atoms with van der Waals surface area (Å²) in [5.74, 6) is 0.175. The molecule has 4 rings (SSSR count). The summed E-state index contributed by atoms with van der Waals surface area (Å²) in [5.41, 5.74) is 2.58. The van der Waals surface area contributed by atoms with Gasteiger partial charge in [-0.15, -0.1) is 0 Å². The predicted molar refractivity (Wildman–Crippen MR) is 98.2 cm³/mol. The molecule has 0 saturated carbocycles. The van der Waals surface area contributed by atoms with Crippen LogP contribution in [0.15, 0.2) is 36.4 Å². The fraction of sp³-hybridized carbons (Fsp3) is 0.350. The molecule has 4 nitrogen and oxygen atoms in total. The van der Waals surface area contributed by atoms with Gasteiger partial charge in [0.1, 0.15) is 11.6 Å². The van der Waals surface area contributed by atoms with E-state index in [0.29, 0.717) is 18.1 Å². The van der Waals surface area contributed by atoms with Crippen LogP contribution < -0.4 is 4.74 Å². The van der Waals surface area contributed by atoms with E-state index in [1.54, 1.807) is 4.90 Å². The topological polar surface area (TPSA) is 32.8 Å².